The second kappa shape index (κ2) is 9.39. The fourth-order valence-electron chi connectivity index (χ4n) is 2.80. The van der Waals surface area contributed by atoms with E-state index in [1.807, 2.05) is 0 Å². The summed E-state index contributed by atoms with van der Waals surface area (Å²) in [5.41, 5.74) is 0. The summed E-state index contributed by atoms with van der Waals surface area (Å²) >= 11 is 0. The first-order valence-electron chi connectivity index (χ1n) is 8.24. The molecule has 21 heavy (non-hydrogen) atoms. The Morgan fingerprint density at radius 1 is 0.857 bits per heavy atom. The molecule has 0 N–H and O–H groups in total. The van der Waals surface area contributed by atoms with Crippen LogP contribution in [-0.4, -0.2) is 67.7 Å². The maximum atomic E-state index is 6.24. The van der Waals surface area contributed by atoms with Gasteiger partial charge in [-0.3, -0.25) is 4.57 Å². The molecule has 1 saturated heterocycles. The minimum Gasteiger partial charge on any atom is -0.418 e. The molecule has 0 spiro atoms. The smallest absolute Gasteiger partial charge is 0.418 e. The Balaban J connectivity index is 2.78. The molecule has 126 valence electrons. The number of ether oxygens (including phenoxy) is 1. The van der Waals surface area contributed by atoms with E-state index in [1.54, 1.807) is 0 Å². The van der Waals surface area contributed by atoms with E-state index >= 15 is 0 Å². The molecule has 0 saturated carbocycles. The van der Waals surface area contributed by atoms with E-state index in [2.05, 4.69) is 38.4 Å². The molecule has 0 aromatic rings. The lowest BCUT2D eigenvalue weighted by molar-refractivity contribution is 0.0317. The van der Waals surface area contributed by atoms with Crippen molar-refractivity contribution in [3.05, 3.63) is 0 Å². The lowest BCUT2D eigenvalue weighted by atomic mass is 10.5. The van der Waals surface area contributed by atoms with Crippen LogP contribution in [0.2, 0.25) is 25.2 Å². The number of nitrogens with zero attached hydrogens (tertiary/aromatic N) is 1. The van der Waals surface area contributed by atoms with Gasteiger partial charge in [-0.2, -0.15) is 0 Å². The average molecular weight is 336 g/mol. The van der Waals surface area contributed by atoms with Crippen molar-refractivity contribution in [1.82, 2.24) is 4.57 Å². The van der Waals surface area contributed by atoms with Crippen molar-refractivity contribution in [3.63, 3.8) is 0 Å². The number of morpholine rings is 1. The van der Waals surface area contributed by atoms with E-state index in [0.29, 0.717) is 13.2 Å². The molecule has 0 atom stereocenters. The van der Waals surface area contributed by atoms with Crippen molar-refractivity contribution in [3.8, 4) is 0 Å². The van der Waals surface area contributed by atoms with Gasteiger partial charge in [0.25, 0.3) is 0 Å². The molecule has 0 aliphatic carbocycles. The summed E-state index contributed by atoms with van der Waals surface area (Å²) in [6.45, 7) is 16.4. The van der Waals surface area contributed by atoms with Crippen LogP contribution in [-0.2, 0) is 18.0 Å². The molecular formula is C14H33NO4Si2. The molecule has 1 aliphatic heterocycles. The van der Waals surface area contributed by atoms with Crippen molar-refractivity contribution in [2.24, 2.45) is 0 Å². The molecule has 0 aromatic carbocycles. The highest BCUT2D eigenvalue weighted by atomic mass is 28.4. The molecule has 0 amide bonds. The van der Waals surface area contributed by atoms with Crippen molar-refractivity contribution < 1.29 is 18.0 Å². The third kappa shape index (κ3) is 6.09. The van der Waals surface area contributed by atoms with Crippen LogP contribution in [0.3, 0.4) is 0 Å². The summed E-state index contributed by atoms with van der Waals surface area (Å²) in [6, 6.07) is 2.08. The summed E-state index contributed by atoms with van der Waals surface area (Å²) < 4.78 is 26.4. The standard InChI is InChI=1S/C14H33NO4Si2/c1-6-17-20(4,5)13-14-21(18-7-2,19-8-3)15-9-11-16-12-10-15/h6-14H2,1-5H3. The second-order valence-electron chi connectivity index (χ2n) is 5.87. The lowest BCUT2D eigenvalue weighted by Gasteiger charge is -2.42. The molecule has 0 aromatic heterocycles. The summed E-state index contributed by atoms with van der Waals surface area (Å²) in [4.78, 5) is 0. The first kappa shape index (κ1) is 19.3. The summed E-state index contributed by atoms with van der Waals surface area (Å²) in [7, 11) is -3.94. The van der Waals surface area contributed by atoms with E-state index in [0.717, 1.165) is 45.0 Å². The maximum Gasteiger partial charge on any atom is 0.427 e. The molecule has 1 fully saturated rings. The highest BCUT2D eigenvalue weighted by Crippen LogP contribution is 2.27. The maximum absolute atomic E-state index is 6.24. The predicted molar refractivity (Wildman–Crippen MR) is 90.1 cm³/mol. The Morgan fingerprint density at radius 3 is 1.86 bits per heavy atom. The zero-order valence-corrected chi connectivity index (χ0v) is 16.4. The van der Waals surface area contributed by atoms with E-state index in [9.17, 15) is 0 Å². The van der Waals surface area contributed by atoms with Crippen LogP contribution in [0.15, 0.2) is 0 Å². The van der Waals surface area contributed by atoms with Crippen molar-refractivity contribution >= 4 is 17.0 Å². The second-order valence-corrected chi connectivity index (χ2v) is 13.3. The molecule has 1 heterocycles. The van der Waals surface area contributed by atoms with Crippen molar-refractivity contribution in [2.45, 2.75) is 46.0 Å². The highest BCUT2D eigenvalue weighted by Gasteiger charge is 2.46. The van der Waals surface area contributed by atoms with Gasteiger partial charge in [0, 0.05) is 39.0 Å². The molecule has 5 nitrogen and oxygen atoms in total. The molecule has 0 unspecified atom stereocenters. The van der Waals surface area contributed by atoms with E-state index in [4.69, 9.17) is 18.0 Å². The summed E-state index contributed by atoms with van der Waals surface area (Å²) in [5.74, 6) is 0. The van der Waals surface area contributed by atoms with Gasteiger partial charge in [-0.15, -0.1) is 0 Å². The Hall–Kier alpha value is 0.234. The summed E-state index contributed by atoms with van der Waals surface area (Å²) in [5, 5.41) is 0. The van der Waals surface area contributed by atoms with Crippen LogP contribution in [0.25, 0.3) is 0 Å². The quantitative estimate of drug-likeness (QED) is 0.574. The first-order chi connectivity index (χ1) is 9.99. The van der Waals surface area contributed by atoms with Gasteiger partial charge in [0.2, 0.25) is 0 Å². The van der Waals surface area contributed by atoms with Gasteiger partial charge in [-0.05, 0) is 39.9 Å². The molecule has 1 aliphatic rings. The molecule has 7 heteroatoms. The van der Waals surface area contributed by atoms with Gasteiger partial charge in [0.15, 0.2) is 8.32 Å². The molecular weight excluding hydrogens is 302 g/mol. The highest BCUT2D eigenvalue weighted by molar-refractivity contribution is 6.74. The topological polar surface area (TPSA) is 40.2 Å². The van der Waals surface area contributed by atoms with Crippen molar-refractivity contribution in [2.75, 3.05) is 46.1 Å². The van der Waals surface area contributed by atoms with Gasteiger partial charge >= 0.3 is 8.72 Å². The molecule has 0 radical (unpaired) electrons. The zero-order valence-electron chi connectivity index (χ0n) is 14.4. The Bertz CT molecular complexity index is 280. The number of hydrogen-bond donors (Lipinski definition) is 0. The van der Waals surface area contributed by atoms with E-state index in [1.165, 1.54) is 0 Å². The number of rotatable bonds is 10. The fourth-order valence-corrected chi connectivity index (χ4v) is 10.2. The normalized spacial score (nSPS) is 18.1. The molecule has 0 bridgehead atoms. The van der Waals surface area contributed by atoms with Crippen LogP contribution in [0.1, 0.15) is 20.8 Å². The van der Waals surface area contributed by atoms with Gasteiger partial charge in [0.1, 0.15) is 0 Å². The predicted octanol–water partition coefficient (Wildman–Crippen LogP) is 2.57. The van der Waals surface area contributed by atoms with Gasteiger partial charge in [-0.25, -0.2) is 0 Å². The minimum absolute atomic E-state index is 0.709. The van der Waals surface area contributed by atoms with Gasteiger partial charge < -0.3 is 18.0 Å². The Morgan fingerprint density at radius 2 is 1.38 bits per heavy atom. The van der Waals surface area contributed by atoms with Crippen LogP contribution in [0, 0.1) is 0 Å². The van der Waals surface area contributed by atoms with Crippen LogP contribution in [0.4, 0.5) is 0 Å². The Labute approximate surface area is 132 Å². The monoisotopic (exact) mass is 335 g/mol. The third-order valence-corrected chi connectivity index (χ3v) is 10.6. The fraction of sp³-hybridized carbons (Fsp3) is 1.00. The molecule has 1 rings (SSSR count). The van der Waals surface area contributed by atoms with Crippen LogP contribution >= 0.6 is 0 Å². The van der Waals surface area contributed by atoms with Crippen molar-refractivity contribution in [1.29, 1.82) is 0 Å². The third-order valence-electron chi connectivity index (χ3n) is 3.81. The van der Waals surface area contributed by atoms with Crippen LogP contribution < -0.4 is 0 Å². The van der Waals surface area contributed by atoms with Gasteiger partial charge in [-0.1, -0.05) is 0 Å². The van der Waals surface area contributed by atoms with Crippen LogP contribution in [0.5, 0.6) is 0 Å². The minimum atomic E-state index is -2.33. The van der Waals surface area contributed by atoms with E-state index < -0.39 is 17.0 Å². The summed E-state index contributed by atoms with van der Waals surface area (Å²) in [6.07, 6.45) is 0. The van der Waals surface area contributed by atoms with Gasteiger partial charge in [0.05, 0.1) is 13.2 Å². The largest absolute Gasteiger partial charge is 0.427 e. The lowest BCUT2D eigenvalue weighted by Crippen LogP contribution is -2.62. The SMILES string of the molecule is CCO[Si](C)(C)CC[Si](OCC)(OCC)N1CCOCC1. The number of hydrogen-bond acceptors (Lipinski definition) is 5. The first-order valence-corrected chi connectivity index (χ1v) is 13.3. The van der Waals surface area contributed by atoms with E-state index in [-0.39, 0.29) is 0 Å². The zero-order chi connectivity index (χ0) is 15.8. The Kier molecular flexibility index (Phi) is 8.62. The average Bonchev–Trinajstić information content (AvgIpc) is 2.46.